The van der Waals surface area contributed by atoms with Crippen LogP contribution in [-0.4, -0.2) is 4.98 Å². The second-order valence-corrected chi connectivity index (χ2v) is 6.93. The van der Waals surface area contributed by atoms with Gasteiger partial charge in [-0.15, -0.1) is 0 Å². The minimum atomic E-state index is 0.0668. The number of pyridine rings is 1. The van der Waals surface area contributed by atoms with E-state index < -0.39 is 0 Å². The average Bonchev–Trinajstić information content (AvgIpc) is 2.93. The lowest BCUT2D eigenvalue weighted by Crippen LogP contribution is -2.11. The Kier molecular flexibility index (Phi) is 3.02. The fraction of sp³-hybridized carbons (Fsp3) is 0.190. The van der Waals surface area contributed by atoms with Crippen molar-refractivity contribution >= 4 is 21.9 Å². The van der Waals surface area contributed by atoms with E-state index >= 15 is 0 Å². The number of fused-ring (bicyclic) bond motifs is 3. The van der Waals surface area contributed by atoms with Crippen LogP contribution >= 0.6 is 0 Å². The Bertz CT molecular complexity index is 991. The van der Waals surface area contributed by atoms with Crippen LogP contribution in [0.2, 0.25) is 0 Å². The Labute approximate surface area is 135 Å². The van der Waals surface area contributed by atoms with Crippen LogP contribution in [0, 0.1) is 0 Å². The molecule has 0 atom stereocenters. The van der Waals surface area contributed by atoms with Crippen LogP contribution in [0.5, 0.6) is 0 Å². The van der Waals surface area contributed by atoms with Gasteiger partial charge in [0.2, 0.25) is 0 Å². The van der Waals surface area contributed by atoms with E-state index in [4.69, 9.17) is 4.42 Å². The topological polar surface area (TPSA) is 26.0 Å². The van der Waals surface area contributed by atoms with Crippen LogP contribution < -0.4 is 0 Å². The third kappa shape index (κ3) is 2.22. The van der Waals surface area contributed by atoms with Gasteiger partial charge in [-0.25, -0.2) is 0 Å². The molecule has 0 N–H and O–H groups in total. The van der Waals surface area contributed by atoms with E-state index in [0.717, 1.165) is 27.8 Å². The predicted octanol–water partition coefficient (Wildman–Crippen LogP) is 5.95. The molecule has 23 heavy (non-hydrogen) atoms. The van der Waals surface area contributed by atoms with Gasteiger partial charge in [0, 0.05) is 22.5 Å². The van der Waals surface area contributed by atoms with Crippen molar-refractivity contribution in [1.82, 2.24) is 4.98 Å². The highest BCUT2D eigenvalue weighted by Gasteiger charge is 2.21. The summed E-state index contributed by atoms with van der Waals surface area (Å²) >= 11 is 0. The summed E-state index contributed by atoms with van der Waals surface area (Å²) in [5, 5.41) is 2.38. The highest BCUT2D eigenvalue weighted by molar-refractivity contribution is 6.11. The molecule has 2 aromatic carbocycles. The molecule has 0 unspecified atom stereocenters. The van der Waals surface area contributed by atoms with Crippen LogP contribution in [0.15, 0.2) is 65.2 Å². The molecule has 4 aromatic rings. The third-order valence-electron chi connectivity index (χ3n) is 4.27. The molecule has 0 aliphatic carbocycles. The lowest BCUT2D eigenvalue weighted by Gasteiger charge is -2.19. The summed E-state index contributed by atoms with van der Waals surface area (Å²) in [6.07, 6.45) is 1.82. The number of benzene rings is 2. The summed E-state index contributed by atoms with van der Waals surface area (Å²) in [5.41, 5.74) is 5.21. The standard InChI is InChI=1S/C21H19NO/c1-21(2,3)16-10-7-12-18-19(16)15-9-6-8-14(20(15)23-18)17-11-4-5-13-22-17/h4-13H,1-3H3. The SMILES string of the molecule is CC(C)(C)c1cccc2oc3c(-c4ccccn4)cccc3c12. The minimum Gasteiger partial charge on any atom is -0.455 e. The monoisotopic (exact) mass is 301 g/mol. The zero-order valence-electron chi connectivity index (χ0n) is 13.6. The predicted molar refractivity (Wildman–Crippen MR) is 95.7 cm³/mol. The zero-order chi connectivity index (χ0) is 16.0. The summed E-state index contributed by atoms with van der Waals surface area (Å²) in [5.74, 6) is 0. The molecule has 0 aliphatic heterocycles. The van der Waals surface area contributed by atoms with Crippen molar-refractivity contribution < 1.29 is 4.42 Å². The number of furan rings is 1. The molecule has 2 aromatic heterocycles. The molecule has 0 aliphatic rings. The van der Waals surface area contributed by atoms with Gasteiger partial charge in [0.05, 0.1) is 5.69 Å². The normalized spacial score (nSPS) is 12.1. The van der Waals surface area contributed by atoms with Crippen molar-refractivity contribution in [3.8, 4) is 11.3 Å². The molecule has 0 amide bonds. The van der Waals surface area contributed by atoms with E-state index in [-0.39, 0.29) is 5.41 Å². The van der Waals surface area contributed by atoms with E-state index in [9.17, 15) is 0 Å². The fourth-order valence-corrected chi connectivity index (χ4v) is 3.20. The van der Waals surface area contributed by atoms with Crippen LogP contribution in [0.3, 0.4) is 0 Å². The first kappa shape index (κ1) is 14.0. The molecule has 0 bridgehead atoms. The maximum atomic E-state index is 6.23. The molecule has 0 saturated heterocycles. The van der Waals surface area contributed by atoms with Gasteiger partial charge in [0.25, 0.3) is 0 Å². The van der Waals surface area contributed by atoms with Crippen molar-refractivity contribution in [3.05, 3.63) is 66.4 Å². The largest absolute Gasteiger partial charge is 0.455 e. The van der Waals surface area contributed by atoms with Crippen molar-refractivity contribution in [1.29, 1.82) is 0 Å². The van der Waals surface area contributed by atoms with Gasteiger partial charge in [0.1, 0.15) is 11.2 Å². The number of hydrogen-bond acceptors (Lipinski definition) is 2. The average molecular weight is 301 g/mol. The summed E-state index contributed by atoms with van der Waals surface area (Å²) in [6.45, 7) is 6.72. The van der Waals surface area contributed by atoms with Gasteiger partial charge in [-0.1, -0.05) is 51.1 Å². The minimum absolute atomic E-state index is 0.0668. The molecular weight excluding hydrogens is 282 g/mol. The van der Waals surface area contributed by atoms with Crippen LogP contribution in [0.1, 0.15) is 26.3 Å². The second kappa shape index (κ2) is 4.95. The highest BCUT2D eigenvalue weighted by atomic mass is 16.3. The Morgan fingerprint density at radius 1 is 0.870 bits per heavy atom. The van der Waals surface area contributed by atoms with Crippen molar-refractivity contribution in [2.24, 2.45) is 0 Å². The van der Waals surface area contributed by atoms with Crippen LogP contribution in [-0.2, 0) is 5.41 Å². The molecule has 0 saturated carbocycles. The maximum absolute atomic E-state index is 6.23. The van der Waals surface area contributed by atoms with Crippen molar-refractivity contribution in [3.63, 3.8) is 0 Å². The summed E-state index contributed by atoms with van der Waals surface area (Å²) in [6, 6.07) is 18.6. The molecule has 2 heterocycles. The summed E-state index contributed by atoms with van der Waals surface area (Å²) in [4.78, 5) is 4.48. The van der Waals surface area contributed by atoms with Gasteiger partial charge < -0.3 is 4.42 Å². The van der Waals surface area contributed by atoms with E-state index in [1.807, 2.05) is 30.5 Å². The number of para-hydroxylation sites is 1. The third-order valence-corrected chi connectivity index (χ3v) is 4.27. The van der Waals surface area contributed by atoms with Gasteiger partial charge >= 0.3 is 0 Å². The highest BCUT2D eigenvalue weighted by Crippen LogP contribution is 2.39. The molecule has 2 nitrogen and oxygen atoms in total. The lowest BCUT2D eigenvalue weighted by atomic mass is 9.84. The Morgan fingerprint density at radius 3 is 2.43 bits per heavy atom. The van der Waals surface area contributed by atoms with Gasteiger partial charge in [-0.3, -0.25) is 4.98 Å². The number of rotatable bonds is 1. The fourth-order valence-electron chi connectivity index (χ4n) is 3.20. The lowest BCUT2D eigenvalue weighted by molar-refractivity contribution is 0.594. The summed E-state index contributed by atoms with van der Waals surface area (Å²) < 4.78 is 6.23. The number of nitrogens with zero attached hydrogens (tertiary/aromatic N) is 1. The maximum Gasteiger partial charge on any atom is 0.144 e. The molecule has 2 heteroatoms. The summed E-state index contributed by atoms with van der Waals surface area (Å²) in [7, 11) is 0. The molecule has 4 rings (SSSR count). The number of aromatic nitrogens is 1. The molecule has 114 valence electrons. The molecule has 0 fully saturated rings. The first-order valence-electron chi connectivity index (χ1n) is 7.92. The van der Waals surface area contributed by atoms with E-state index in [2.05, 4.69) is 56.1 Å². The van der Waals surface area contributed by atoms with E-state index in [1.165, 1.54) is 10.9 Å². The first-order valence-corrected chi connectivity index (χ1v) is 7.92. The van der Waals surface area contributed by atoms with Gasteiger partial charge in [-0.2, -0.15) is 0 Å². The molecule has 0 spiro atoms. The van der Waals surface area contributed by atoms with E-state index in [1.54, 1.807) is 0 Å². The van der Waals surface area contributed by atoms with Crippen molar-refractivity contribution in [2.75, 3.05) is 0 Å². The quantitative estimate of drug-likeness (QED) is 0.434. The first-order chi connectivity index (χ1) is 11.1. The smallest absolute Gasteiger partial charge is 0.144 e. The van der Waals surface area contributed by atoms with E-state index in [0.29, 0.717) is 0 Å². The Hall–Kier alpha value is -2.61. The Morgan fingerprint density at radius 2 is 1.70 bits per heavy atom. The molecular formula is C21H19NO. The van der Waals surface area contributed by atoms with Gasteiger partial charge in [0.15, 0.2) is 0 Å². The van der Waals surface area contributed by atoms with Crippen LogP contribution in [0.25, 0.3) is 33.2 Å². The van der Waals surface area contributed by atoms with Crippen molar-refractivity contribution in [2.45, 2.75) is 26.2 Å². The van der Waals surface area contributed by atoms with Crippen LogP contribution in [0.4, 0.5) is 0 Å². The van der Waals surface area contributed by atoms with Gasteiger partial charge in [-0.05, 0) is 35.2 Å². The number of hydrogen-bond donors (Lipinski definition) is 0. The second-order valence-electron chi connectivity index (χ2n) is 6.93. The zero-order valence-corrected chi connectivity index (χ0v) is 13.6. The molecule has 0 radical (unpaired) electrons. The Balaban J connectivity index is 2.12.